The SMILES string of the molecule is CC(=O)Nc1c(N)ccc([As](=O)(O)O)c1O. The van der Waals surface area contributed by atoms with Crippen molar-refractivity contribution in [3.8, 4) is 5.75 Å². The fourth-order valence-corrected chi connectivity index (χ4v) is 2.52. The minimum atomic E-state index is -5.23. The number of carbonyl (C=O) groups excluding carboxylic acids is 1. The molecule has 0 unspecified atom stereocenters. The zero-order valence-corrected chi connectivity index (χ0v) is 10.2. The molecule has 7 nitrogen and oxygen atoms in total. The Hall–Kier alpha value is -1.43. The summed E-state index contributed by atoms with van der Waals surface area (Å²) in [5.41, 5.74) is 5.30. The molecule has 0 bridgehead atoms. The number of amides is 1. The van der Waals surface area contributed by atoms with Crippen molar-refractivity contribution < 1.29 is 21.8 Å². The molecule has 1 aromatic carbocycles. The molecule has 6 N–H and O–H groups in total. The monoisotopic (exact) mass is 290 g/mol. The third-order valence-electron chi connectivity index (χ3n) is 1.80. The average molecular weight is 290 g/mol. The molecule has 16 heavy (non-hydrogen) atoms. The van der Waals surface area contributed by atoms with Crippen molar-refractivity contribution in [2.45, 2.75) is 6.92 Å². The van der Waals surface area contributed by atoms with Gasteiger partial charge in [-0.1, -0.05) is 0 Å². The summed E-state index contributed by atoms with van der Waals surface area (Å²) in [5.74, 6) is -1.19. The molecular formula is C8H11AsN2O5. The van der Waals surface area contributed by atoms with E-state index in [-0.39, 0.29) is 11.4 Å². The van der Waals surface area contributed by atoms with Crippen LogP contribution >= 0.6 is 0 Å². The summed E-state index contributed by atoms with van der Waals surface area (Å²) in [4.78, 5) is 10.8. The molecule has 0 spiro atoms. The Labute approximate surface area is 93.9 Å². The molecule has 88 valence electrons. The van der Waals surface area contributed by atoms with E-state index in [2.05, 4.69) is 5.32 Å². The van der Waals surface area contributed by atoms with Crippen LogP contribution in [0, 0.1) is 0 Å². The maximum absolute atomic E-state index is 11.0. The van der Waals surface area contributed by atoms with E-state index in [1.165, 1.54) is 13.0 Å². The molecule has 0 saturated carbocycles. The van der Waals surface area contributed by atoms with E-state index >= 15 is 0 Å². The van der Waals surface area contributed by atoms with Crippen LogP contribution in [0.2, 0.25) is 0 Å². The molecule has 0 aliphatic rings. The number of nitrogens with one attached hydrogen (secondary N) is 1. The van der Waals surface area contributed by atoms with Gasteiger partial charge in [-0.25, -0.2) is 0 Å². The Kier molecular flexibility index (Phi) is 3.32. The van der Waals surface area contributed by atoms with Gasteiger partial charge in [0.2, 0.25) is 0 Å². The average Bonchev–Trinajstić information content (AvgIpc) is 2.09. The van der Waals surface area contributed by atoms with Crippen LogP contribution in [0.3, 0.4) is 0 Å². The molecular weight excluding hydrogens is 279 g/mol. The molecule has 0 aliphatic heterocycles. The van der Waals surface area contributed by atoms with Crippen molar-refractivity contribution in [1.82, 2.24) is 0 Å². The van der Waals surface area contributed by atoms with Crippen molar-refractivity contribution in [1.29, 1.82) is 0 Å². The molecule has 0 aliphatic carbocycles. The van der Waals surface area contributed by atoms with Crippen molar-refractivity contribution >= 4 is 35.8 Å². The van der Waals surface area contributed by atoms with Gasteiger partial charge in [0.1, 0.15) is 0 Å². The van der Waals surface area contributed by atoms with Gasteiger partial charge < -0.3 is 0 Å². The van der Waals surface area contributed by atoms with Gasteiger partial charge in [-0.3, -0.25) is 0 Å². The van der Waals surface area contributed by atoms with Crippen LogP contribution in [0.4, 0.5) is 11.4 Å². The Morgan fingerprint density at radius 1 is 1.44 bits per heavy atom. The summed E-state index contributed by atoms with van der Waals surface area (Å²) < 4.78 is 28.5. The second kappa shape index (κ2) is 4.21. The number of phenolic OH excluding ortho intramolecular Hbond substituents is 1. The Morgan fingerprint density at radius 2 is 2.00 bits per heavy atom. The summed E-state index contributed by atoms with van der Waals surface area (Å²) in [6.45, 7) is 1.19. The molecule has 0 saturated heterocycles. The van der Waals surface area contributed by atoms with Gasteiger partial charge in [-0.2, -0.15) is 0 Å². The van der Waals surface area contributed by atoms with Crippen LogP contribution in [-0.2, 0) is 8.53 Å². The second-order valence-corrected chi connectivity index (χ2v) is 6.42. The van der Waals surface area contributed by atoms with Crippen molar-refractivity contribution in [3.63, 3.8) is 0 Å². The van der Waals surface area contributed by atoms with Crippen LogP contribution < -0.4 is 15.4 Å². The standard InChI is InChI=1S/C8H11AsN2O5/c1-4(12)11-7-6(10)3-2-5(8(7)13)9(14,15)16/h2-3,13H,10H2,1H3,(H,11,12)(H2,14,15,16). The molecule has 0 atom stereocenters. The molecule has 0 aromatic heterocycles. The maximum atomic E-state index is 11.0. The number of benzene rings is 1. The van der Waals surface area contributed by atoms with E-state index in [1.54, 1.807) is 0 Å². The zero-order chi connectivity index (χ0) is 12.5. The number of aromatic hydroxyl groups is 1. The third kappa shape index (κ3) is 2.57. The first-order valence-corrected chi connectivity index (χ1v) is 7.57. The van der Waals surface area contributed by atoms with E-state index in [1.807, 2.05) is 0 Å². The molecule has 0 radical (unpaired) electrons. The van der Waals surface area contributed by atoms with Gasteiger partial charge in [0.25, 0.3) is 0 Å². The van der Waals surface area contributed by atoms with Gasteiger partial charge >= 0.3 is 93.5 Å². The van der Waals surface area contributed by atoms with Crippen molar-refractivity contribution in [2.75, 3.05) is 11.1 Å². The van der Waals surface area contributed by atoms with Gasteiger partial charge in [0, 0.05) is 0 Å². The number of nitrogens with two attached hydrogens (primary N) is 1. The van der Waals surface area contributed by atoms with Crippen molar-refractivity contribution in [3.05, 3.63) is 12.1 Å². The predicted molar refractivity (Wildman–Crippen MR) is 57.3 cm³/mol. The predicted octanol–water partition coefficient (Wildman–Crippen LogP) is -1.51. The first-order chi connectivity index (χ1) is 7.23. The summed E-state index contributed by atoms with van der Waals surface area (Å²) in [7, 11) is 0. The second-order valence-electron chi connectivity index (χ2n) is 3.12. The molecule has 0 heterocycles. The van der Waals surface area contributed by atoms with E-state index in [9.17, 15) is 13.6 Å². The molecule has 0 fully saturated rings. The minimum absolute atomic E-state index is 0.0281. The number of anilines is 2. The molecule has 1 aromatic rings. The summed E-state index contributed by atoms with van der Waals surface area (Å²) >= 11 is -5.23. The Morgan fingerprint density at radius 3 is 2.44 bits per heavy atom. The molecule has 1 amide bonds. The van der Waals surface area contributed by atoms with E-state index in [0.29, 0.717) is 0 Å². The first kappa shape index (κ1) is 12.6. The fourth-order valence-electron chi connectivity index (χ4n) is 1.14. The van der Waals surface area contributed by atoms with Gasteiger partial charge in [-0.15, -0.1) is 0 Å². The van der Waals surface area contributed by atoms with Crippen LogP contribution in [0.5, 0.6) is 5.75 Å². The van der Waals surface area contributed by atoms with Crippen molar-refractivity contribution in [2.24, 2.45) is 0 Å². The van der Waals surface area contributed by atoms with Crippen LogP contribution in [0.15, 0.2) is 12.1 Å². The van der Waals surface area contributed by atoms with Gasteiger partial charge in [-0.05, 0) is 0 Å². The normalized spacial score (nSPS) is 11.2. The summed E-state index contributed by atoms with van der Waals surface area (Å²) in [6.07, 6.45) is 0. The topological polar surface area (TPSA) is 133 Å². The molecule has 1 rings (SSSR count). The number of nitrogen functional groups attached to an aromatic ring is 1. The van der Waals surface area contributed by atoms with E-state index in [0.717, 1.165) is 6.07 Å². The van der Waals surface area contributed by atoms with Crippen LogP contribution in [0.1, 0.15) is 6.92 Å². The number of hydrogen-bond donors (Lipinski definition) is 5. The Bertz CT molecular complexity index is 482. The number of carbonyl (C=O) groups is 1. The quantitative estimate of drug-likeness (QED) is 0.255. The van der Waals surface area contributed by atoms with E-state index in [4.69, 9.17) is 13.9 Å². The van der Waals surface area contributed by atoms with E-state index < -0.39 is 30.2 Å². The van der Waals surface area contributed by atoms with Gasteiger partial charge in [0.15, 0.2) is 0 Å². The van der Waals surface area contributed by atoms with Gasteiger partial charge in [0.05, 0.1) is 0 Å². The number of rotatable bonds is 2. The third-order valence-corrected chi connectivity index (χ3v) is 3.88. The number of phenols is 1. The van der Waals surface area contributed by atoms with Crippen LogP contribution in [0.25, 0.3) is 0 Å². The first-order valence-electron chi connectivity index (χ1n) is 4.18. The van der Waals surface area contributed by atoms with Crippen LogP contribution in [-0.4, -0.2) is 33.4 Å². The summed E-state index contributed by atoms with van der Waals surface area (Å²) in [5, 5.41) is 11.8. The molecule has 8 heteroatoms. The Balaban J connectivity index is 3.38. The number of hydrogen-bond acceptors (Lipinski definition) is 4. The summed E-state index contributed by atoms with van der Waals surface area (Å²) in [6, 6.07) is 2.25. The fraction of sp³-hybridized carbons (Fsp3) is 0.125. The zero-order valence-electron chi connectivity index (χ0n) is 8.34.